The quantitative estimate of drug-likeness (QED) is 0.697. The van der Waals surface area contributed by atoms with Crippen LogP contribution >= 0.6 is 0 Å². The molecule has 13 heteroatoms. The average molecular weight is 318 g/mol. The minimum absolute atomic E-state index is 2.16. The lowest BCUT2D eigenvalue weighted by Gasteiger charge is -2.36. The van der Waals surface area contributed by atoms with Crippen molar-refractivity contribution < 1.29 is 57.4 Å². The normalized spacial score (nSPS) is 15.8. The zero-order valence-electron chi connectivity index (χ0n) is 8.15. The summed E-state index contributed by atoms with van der Waals surface area (Å²) in [5, 5.41) is 0. The second-order valence-corrected chi connectivity index (χ2v) is 2.99. The van der Waals surface area contributed by atoms with E-state index in [9.17, 15) is 52.7 Å². The van der Waals surface area contributed by atoms with E-state index in [1.807, 2.05) is 0 Å². The summed E-state index contributed by atoms with van der Waals surface area (Å²) in [4.78, 5) is 0. The summed E-state index contributed by atoms with van der Waals surface area (Å²) < 4.78 is 146. The van der Waals surface area contributed by atoms with Gasteiger partial charge in [0.15, 0.2) is 6.86 Å². The molecule has 0 N–H and O–H groups in total. The Kier molecular flexibility index (Phi) is 4.38. The molecular formula is C6H2F12O. The van der Waals surface area contributed by atoms with Crippen LogP contribution in [0.25, 0.3) is 0 Å². The van der Waals surface area contributed by atoms with E-state index in [1.54, 1.807) is 0 Å². The lowest BCUT2D eigenvalue weighted by Crippen LogP contribution is -2.66. The van der Waals surface area contributed by atoms with Gasteiger partial charge in [-0.05, 0) is 0 Å². The number of halogens is 12. The topological polar surface area (TPSA) is 9.23 Å². The number of alkyl halides is 12. The lowest BCUT2D eigenvalue weighted by atomic mass is 10.0. The van der Waals surface area contributed by atoms with Crippen molar-refractivity contribution in [2.45, 2.75) is 30.1 Å². The smallest absolute Gasteiger partial charge is 0.283 e. The van der Waals surface area contributed by atoms with Crippen LogP contribution in [0.2, 0.25) is 0 Å². The largest absolute Gasteiger partial charge is 0.460 e. The van der Waals surface area contributed by atoms with Gasteiger partial charge < -0.3 is 0 Å². The molecule has 0 heterocycles. The molecule has 0 aromatic rings. The second-order valence-electron chi connectivity index (χ2n) is 2.99. The summed E-state index contributed by atoms with van der Waals surface area (Å²) in [7, 11) is 0. The molecule has 0 saturated carbocycles. The van der Waals surface area contributed by atoms with Crippen LogP contribution in [0.3, 0.4) is 0 Å². The Balaban J connectivity index is 5.77. The summed E-state index contributed by atoms with van der Waals surface area (Å²) in [5.41, 5.74) is 0. The van der Waals surface area contributed by atoms with Crippen LogP contribution in [0.5, 0.6) is 0 Å². The Morgan fingerprint density at radius 2 is 0.947 bits per heavy atom. The van der Waals surface area contributed by atoms with Crippen molar-refractivity contribution in [1.82, 2.24) is 0 Å². The van der Waals surface area contributed by atoms with Crippen LogP contribution in [0.1, 0.15) is 0 Å². The third kappa shape index (κ3) is 2.56. The molecule has 0 atom stereocenters. The summed E-state index contributed by atoms with van der Waals surface area (Å²) in [6.07, 6.45) is -13.8. The first kappa shape index (κ1) is 18.1. The van der Waals surface area contributed by atoms with Crippen LogP contribution in [0, 0.1) is 0 Å². The van der Waals surface area contributed by atoms with Gasteiger partial charge >= 0.3 is 30.1 Å². The van der Waals surface area contributed by atoms with E-state index in [1.165, 1.54) is 0 Å². The number of hydrogen-bond acceptors (Lipinski definition) is 1. The monoisotopic (exact) mass is 318 g/mol. The van der Waals surface area contributed by atoms with E-state index in [0.29, 0.717) is 0 Å². The van der Waals surface area contributed by atoms with Crippen LogP contribution < -0.4 is 0 Å². The maximum absolute atomic E-state index is 12.4. The fourth-order valence-corrected chi connectivity index (χ4v) is 0.717. The van der Waals surface area contributed by atoms with Crippen molar-refractivity contribution in [3.05, 3.63) is 0 Å². The maximum Gasteiger partial charge on any atom is 0.460 e. The van der Waals surface area contributed by atoms with Gasteiger partial charge in [0.05, 0.1) is 0 Å². The molecule has 1 nitrogen and oxygen atoms in total. The molecule has 0 bridgehead atoms. The number of ether oxygens (including phenoxy) is 1. The first-order valence-electron chi connectivity index (χ1n) is 3.84. The van der Waals surface area contributed by atoms with Gasteiger partial charge in [0.2, 0.25) is 0 Å². The molecule has 116 valence electrons. The fourth-order valence-electron chi connectivity index (χ4n) is 0.717. The van der Waals surface area contributed by atoms with Gasteiger partial charge in [0.25, 0.3) is 0 Å². The van der Waals surface area contributed by atoms with Crippen molar-refractivity contribution in [3.8, 4) is 0 Å². The van der Waals surface area contributed by atoms with E-state index in [2.05, 4.69) is 4.74 Å². The molecule has 0 amide bonds. The molecule has 0 aromatic carbocycles. The summed E-state index contributed by atoms with van der Waals surface area (Å²) >= 11 is 0. The Morgan fingerprint density at radius 3 is 1.21 bits per heavy atom. The van der Waals surface area contributed by atoms with E-state index >= 15 is 0 Å². The predicted octanol–water partition coefficient (Wildman–Crippen LogP) is 3.99. The zero-order valence-corrected chi connectivity index (χ0v) is 8.15. The molecule has 0 saturated heterocycles. The fraction of sp³-hybridized carbons (Fsp3) is 1.00. The molecule has 19 heavy (non-hydrogen) atoms. The van der Waals surface area contributed by atoms with Crippen LogP contribution in [-0.2, 0) is 4.74 Å². The van der Waals surface area contributed by atoms with Crippen molar-refractivity contribution in [2.24, 2.45) is 0 Å². The van der Waals surface area contributed by atoms with Gasteiger partial charge in [-0.15, -0.1) is 0 Å². The Labute approximate surface area is 95.7 Å². The van der Waals surface area contributed by atoms with Crippen molar-refractivity contribution in [2.75, 3.05) is 6.86 Å². The molecule has 0 unspecified atom stereocenters. The highest BCUT2D eigenvalue weighted by atomic mass is 19.4. The van der Waals surface area contributed by atoms with E-state index < -0.39 is 36.9 Å². The Morgan fingerprint density at radius 1 is 0.579 bits per heavy atom. The third-order valence-corrected chi connectivity index (χ3v) is 1.75. The number of hydrogen-bond donors (Lipinski definition) is 0. The molecule has 0 radical (unpaired) electrons. The van der Waals surface area contributed by atoms with Crippen LogP contribution in [0.4, 0.5) is 52.7 Å². The van der Waals surface area contributed by atoms with Gasteiger partial charge in [-0.1, -0.05) is 0 Å². The first-order valence-corrected chi connectivity index (χ1v) is 3.84. The van der Waals surface area contributed by atoms with Gasteiger partial charge in [0.1, 0.15) is 0 Å². The molecule has 0 aliphatic heterocycles. The summed E-state index contributed by atoms with van der Waals surface area (Å²) in [6, 6.07) is 0. The van der Waals surface area contributed by atoms with Crippen molar-refractivity contribution in [3.63, 3.8) is 0 Å². The molecular weight excluding hydrogens is 316 g/mol. The minimum atomic E-state index is -7.57. The lowest BCUT2D eigenvalue weighted by molar-refractivity contribution is -0.459. The van der Waals surface area contributed by atoms with E-state index in [0.717, 1.165) is 0 Å². The molecule has 0 aromatic heterocycles. The molecule has 0 spiro atoms. The highest BCUT2D eigenvalue weighted by Crippen LogP contribution is 2.57. The van der Waals surface area contributed by atoms with Crippen LogP contribution in [0.15, 0.2) is 0 Å². The highest BCUT2D eigenvalue weighted by Gasteiger charge is 2.88. The first-order chi connectivity index (χ1) is 8.06. The van der Waals surface area contributed by atoms with Gasteiger partial charge in [-0.2, -0.15) is 48.3 Å². The molecule has 0 aliphatic carbocycles. The maximum atomic E-state index is 12.4. The van der Waals surface area contributed by atoms with Crippen LogP contribution in [-0.4, -0.2) is 36.9 Å². The minimum Gasteiger partial charge on any atom is -0.283 e. The van der Waals surface area contributed by atoms with E-state index in [-0.39, 0.29) is 0 Å². The standard InChI is InChI=1S/C6H2F12O/c7-1-19-6(17,18)4(12,13)2(8,9)3(10,11)5(14,15)16/h1H2. The van der Waals surface area contributed by atoms with Crippen molar-refractivity contribution >= 4 is 0 Å². The summed E-state index contributed by atoms with van der Waals surface area (Å²) in [6.45, 7) is -2.82. The van der Waals surface area contributed by atoms with Gasteiger partial charge in [0, 0.05) is 0 Å². The number of rotatable bonds is 5. The van der Waals surface area contributed by atoms with Gasteiger partial charge in [-0.25, -0.2) is 4.39 Å². The molecule has 0 rings (SSSR count). The van der Waals surface area contributed by atoms with Crippen molar-refractivity contribution in [1.29, 1.82) is 0 Å². The SMILES string of the molecule is FCOC(F)(F)C(F)(F)C(F)(F)C(F)(F)C(F)(F)F. The Hall–Kier alpha value is -0.880. The third-order valence-electron chi connectivity index (χ3n) is 1.75. The highest BCUT2D eigenvalue weighted by molar-refractivity contribution is 5.03. The zero-order chi connectivity index (χ0) is 15.9. The Bertz CT molecular complexity index is 317. The summed E-state index contributed by atoms with van der Waals surface area (Å²) in [5.74, 6) is -22.4. The predicted molar refractivity (Wildman–Crippen MR) is 32.9 cm³/mol. The van der Waals surface area contributed by atoms with E-state index in [4.69, 9.17) is 0 Å². The average Bonchev–Trinajstić information content (AvgIpc) is 2.14. The second kappa shape index (κ2) is 4.59. The van der Waals surface area contributed by atoms with Gasteiger partial charge in [-0.3, -0.25) is 4.74 Å². The molecule has 0 aliphatic rings. The molecule has 0 fully saturated rings.